The van der Waals surface area contributed by atoms with Gasteiger partial charge in [-0.05, 0) is 6.40 Å². The normalized spacial score (nSPS) is 26.0. The molecule has 5 atom stereocenters. The van der Waals surface area contributed by atoms with Crippen molar-refractivity contribution in [3.05, 3.63) is 0 Å². The summed E-state index contributed by atoms with van der Waals surface area (Å²) in [4.78, 5) is 0. The zero-order valence-electron chi connectivity index (χ0n) is 20.0. The molecule has 1 saturated heterocycles. The highest BCUT2D eigenvalue weighted by Crippen LogP contribution is 2.24. The molecular weight excluding hydrogens is 368 g/mol. The highest BCUT2D eigenvalue weighted by Gasteiger charge is 2.44. The van der Waals surface area contributed by atoms with E-state index in [1.54, 1.807) is 0 Å². The number of aliphatic hydroxyl groups is 2. The Morgan fingerprint density at radius 2 is 1.31 bits per heavy atom. The molecular formula is C24H48O5. The van der Waals surface area contributed by atoms with E-state index in [1.165, 1.54) is 90.6 Å². The molecule has 0 aromatic carbocycles. The molecule has 0 aromatic rings. The Balaban J connectivity index is 1.91. The summed E-state index contributed by atoms with van der Waals surface area (Å²) in [7, 11) is 1.49. The summed E-state index contributed by atoms with van der Waals surface area (Å²) in [5.74, 6) is 0. The number of hydrogen-bond acceptors (Lipinski definition) is 5. The molecule has 2 unspecified atom stereocenters. The van der Waals surface area contributed by atoms with Crippen LogP contribution < -0.4 is 0 Å². The van der Waals surface area contributed by atoms with Gasteiger partial charge >= 0.3 is 0 Å². The number of unbranched alkanes of at least 4 members (excludes halogenated alkanes) is 13. The SMILES string of the molecule is [2H]C(CCCCCCCCCCCCCCCC)CO[C@H]1C(OC)O[C@H](CO)[C@@H]1O. The summed E-state index contributed by atoms with van der Waals surface area (Å²) < 4.78 is 24.4. The van der Waals surface area contributed by atoms with Crippen LogP contribution in [-0.2, 0) is 14.2 Å². The van der Waals surface area contributed by atoms with Crippen molar-refractivity contribution in [3.63, 3.8) is 0 Å². The fourth-order valence-corrected chi connectivity index (χ4v) is 3.97. The van der Waals surface area contributed by atoms with Gasteiger partial charge in [-0.25, -0.2) is 0 Å². The van der Waals surface area contributed by atoms with E-state index in [0.717, 1.165) is 12.8 Å². The second-order valence-corrected chi connectivity index (χ2v) is 8.42. The van der Waals surface area contributed by atoms with E-state index >= 15 is 0 Å². The van der Waals surface area contributed by atoms with Gasteiger partial charge in [0.15, 0.2) is 6.29 Å². The van der Waals surface area contributed by atoms with E-state index in [9.17, 15) is 10.2 Å². The molecule has 1 fully saturated rings. The Morgan fingerprint density at radius 3 is 1.76 bits per heavy atom. The molecule has 0 aliphatic carbocycles. The molecule has 1 heterocycles. The van der Waals surface area contributed by atoms with Crippen LogP contribution in [0.15, 0.2) is 0 Å². The molecule has 5 nitrogen and oxygen atoms in total. The zero-order chi connectivity index (χ0) is 22.0. The number of hydrogen-bond donors (Lipinski definition) is 2. The predicted molar refractivity (Wildman–Crippen MR) is 118 cm³/mol. The molecule has 1 rings (SSSR count). The minimum atomic E-state index is -0.923. The molecule has 1 aliphatic rings. The van der Waals surface area contributed by atoms with Crippen molar-refractivity contribution in [2.24, 2.45) is 0 Å². The fraction of sp³-hybridized carbons (Fsp3) is 1.00. The monoisotopic (exact) mass is 417 g/mol. The van der Waals surface area contributed by atoms with Gasteiger partial charge < -0.3 is 24.4 Å². The van der Waals surface area contributed by atoms with Crippen molar-refractivity contribution in [2.75, 3.05) is 20.3 Å². The Hall–Kier alpha value is -0.200. The van der Waals surface area contributed by atoms with E-state index in [1.807, 2.05) is 0 Å². The maximum absolute atomic E-state index is 10.1. The smallest absolute Gasteiger partial charge is 0.186 e. The summed E-state index contributed by atoms with van der Waals surface area (Å²) >= 11 is 0. The van der Waals surface area contributed by atoms with Crippen molar-refractivity contribution >= 4 is 0 Å². The highest BCUT2D eigenvalue weighted by atomic mass is 16.7. The average molecular weight is 418 g/mol. The lowest BCUT2D eigenvalue weighted by Gasteiger charge is -2.19. The van der Waals surface area contributed by atoms with Gasteiger partial charge in [0.1, 0.15) is 18.3 Å². The minimum Gasteiger partial charge on any atom is -0.394 e. The van der Waals surface area contributed by atoms with Crippen LogP contribution in [0, 0.1) is 0 Å². The Labute approximate surface area is 180 Å². The van der Waals surface area contributed by atoms with Crippen LogP contribution >= 0.6 is 0 Å². The standard InChI is InChI=1S/C24H48O5/c1-3-4-5-6-7-8-9-10-11-12-13-14-15-16-17-18-19-28-23-22(26)21(20-25)29-24(23)27-2/h21-26H,3-20H2,1-2H3/t21-,22+,23-,24?/m1/s1/i18D/t18?,21-,22+,23-,24?. The molecule has 0 saturated carbocycles. The molecule has 0 radical (unpaired) electrons. The van der Waals surface area contributed by atoms with E-state index in [0.29, 0.717) is 0 Å². The fourth-order valence-electron chi connectivity index (χ4n) is 3.97. The summed E-state index contributed by atoms with van der Waals surface area (Å²) in [6.45, 7) is 2.25. The van der Waals surface area contributed by atoms with E-state index in [4.69, 9.17) is 15.6 Å². The van der Waals surface area contributed by atoms with Crippen molar-refractivity contribution in [2.45, 2.75) is 134 Å². The molecule has 0 spiro atoms. The third kappa shape index (κ3) is 12.3. The quantitative estimate of drug-likeness (QED) is 0.261. The van der Waals surface area contributed by atoms with Crippen molar-refractivity contribution in [1.82, 2.24) is 0 Å². The van der Waals surface area contributed by atoms with E-state index in [-0.39, 0.29) is 19.6 Å². The van der Waals surface area contributed by atoms with Crippen LogP contribution in [0.3, 0.4) is 0 Å². The molecule has 0 aromatic heterocycles. The highest BCUT2D eigenvalue weighted by molar-refractivity contribution is 4.87. The summed E-state index contributed by atoms with van der Waals surface area (Å²) in [6.07, 6.45) is 16.2. The number of rotatable bonds is 20. The summed E-state index contributed by atoms with van der Waals surface area (Å²) in [5.41, 5.74) is 0. The first-order chi connectivity index (χ1) is 14.6. The summed E-state index contributed by atoms with van der Waals surface area (Å²) in [6, 6.07) is 0. The second-order valence-electron chi connectivity index (χ2n) is 8.42. The largest absolute Gasteiger partial charge is 0.394 e. The first kappa shape index (κ1) is 25.1. The lowest BCUT2D eigenvalue weighted by atomic mass is 10.0. The molecule has 29 heavy (non-hydrogen) atoms. The van der Waals surface area contributed by atoms with E-state index < -0.39 is 24.6 Å². The van der Waals surface area contributed by atoms with Crippen LogP contribution in [0.25, 0.3) is 0 Å². The van der Waals surface area contributed by atoms with Gasteiger partial charge in [-0.3, -0.25) is 0 Å². The van der Waals surface area contributed by atoms with Crippen molar-refractivity contribution in [1.29, 1.82) is 0 Å². The zero-order valence-corrected chi connectivity index (χ0v) is 19.0. The topological polar surface area (TPSA) is 68.2 Å². The van der Waals surface area contributed by atoms with Gasteiger partial charge in [0.25, 0.3) is 0 Å². The summed E-state index contributed by atoms with van der Waals surface area (Å²) in [5, 5.41) is 19.3. The third-order valence-corrected chi connectivity index (χ3v) is 5.88. The third-order valence-electron chi connectivity index (χ3n) is 5.88. The first-order valence-electron chi connectivity index (χ1n) is 12.7. The van der Waals surface area contributed by atoms with Crippen molar-refractivity contribution < 1.29 is 25.8 Å². The Morgan fingerprint density at radius 1 is 0.828 bits per heavy atom. The maximum atomic E-state index is 10.1. The number of aliphatic hydroxyl groups excluding tert-OH is 2. The number of ether oxygens (including phenoxy) is 3. The minimum absolute atomic E-state index is 0.252. The van der Waals surface area contributed by atoms with Gasteiger partial charge in [0.05, 0.1) is 6.61 Å². The number of methoxy groups -OCH3 is 1. The molecule has 174 valence electrons. The van der Waals surface area contributed by atoms with Gasteiger partial charge in [0, 0.05) is 15.1 Å². The lowest BCUT2D eigenvalue weighted by Crippen LogP contribution is -2.37. The van der Waals surface area contributed by atoms with Crippen LogP contribution in [0.4, 0.5) is 0 Å². The molecule has 0 amide bonds. The molecule has 2 N–H and O–H groups in total. The Kier molecular flexibility index (Phi) is 16.0. The van der Waals surface area contributed by atoms with Gasteiger partial charge in [-0.15, -0.1) is 0 Å². The Bertz CT molecular complexity index is 383. The van der Waals surface area contributed by atoms with Gasteiger partial charge in [-0.1, -0.05) is 103 Å². The van der Waals surface area contributed by atoms with Crippen molar-refractivity contribution in [3.8, 4) is 0 Å². The van der Waals surface area contributed by atoms with Crippen LogP contribution in [0.1, 0.15) is 111 Å². The molecule has 0 bridgehead atoms. The maximum Gasteiger partial charge on any atom is 0.186 e. The van der Waals surface area contributed by atoms with Gasteiger partial charge in [-0.2, -0.15) is 0 Å². The molecule has 1 aliphatic heterocycles. The van der Waals surface area contributed by atoms with E-state index in [2.05, 4.69) is 6.92 Å². The predicted octanol–water partition coefficient (Wildman–Crippen LogP) is 5.36. The molecule has 5 heteroatoms. The van der Waals surface area contributed by atoms with Crippen LogP contribution in [-0.4, -0.2) is 55.1 Å². The lowest BCUT2D eigenvalue weighted by molar-refractivity contribution is -0.165. The first-order valence-corrected chi connectivity index (χ1v) is 12.1. The average Bonchev–Trinajstić information content (AvgIpc) is 3.07. The van der Waals surface area contributed by atoms with Gasteiger partial charge in [0.2, 0.25) is 0 Å². The second kappa shape index (κ2) is 18.6. The van der Waals surface area contributed by atoms with Crippen LogP contribution in [0.5, 0.6) is 0 Å². The van der Waals surface area contributed by atoms with Crippen LogP contribution in [0.2, 0.25) is 0 Å².